The number of tetrazole rings is 1. The minimum Gasteiger partial charge on any atom is -0.494 e. The van der Waals surface area contributed by atoms with Crippen molar-refractivity contribution in [2.45, 2.75) is 180 Å². The number of aryl methyl sites for hydroxylation is 4. The number of nitrogens with one attached hydrogen (secondary N) is 10. The van der Waals surface area contributed by atoms with E-state index in [0.29, 0.717) is 43.7 Å². The van der Waals surface area contributed by atoms with E-state index in [0.717, 1.165) is 73.1 Å². The Morgan fingerprint density at radius 3 is 1.84 bits per heavy atom. The van der Waals surface area contributed by atoms with Gasteiger partial charge >= 0.3 is 5.97 Å². The van der Waals surface area contributed by atoms with Crippen molar-refractivity contribution in [2.75, 3.05) is 26.3 Å². The van der Waals surface area contributed by atoms with Gasteiger partial charge in [0.25, 0.3) is 0 Å². The van der Waals surface area contributed by atoms with Gasteiger partial charge in [0.2, 0.25) is 65.0 Å². The molecule has 0 saturated heterocycles. The standard InChI is InChI=1S/C70H95FN16O17/c1-9-43-31-46(104-26-13-12-25-72)23-24-47(43)44-21-19-41(20-22-44)30-50(61(96)76-49(59(73)94)18-14-15-42-28-37(2)27-38(3)29-42)77-62(97)52(33-56(92)93)78-63(98)53(36-88)79-64(99)57(39(4)89)82-68(103)70(8,34-45-16-10-11-17-48(45)71)83-65(100)58(40(5)90)81-55(91)35-75-60(95)51(32-54-84-86-87-85-54)80-67(102)69(6,7)66(74)101/h10-11,16-17,19-24,27-29,31,39-40,49-53,57-58,88-90H,9,12-15,18,25-26,30,32-36,72H2,1-8H3,(H2,73,94)(H2,74,101)(H,75,95)(H,76,96)(H,77,97)(H,78,98)(H,79,99)(H,80,102)(H,81,91)(H,82,103)(H,83,100)(H,92,93)(H,84,85,86,87)/t39-,40-,49+,50+,51+,52+,53+,57+,58+,70+/m1/s1. The van der Waals surface area contributed by atoms with Crippen LogP contribution in [0.2, 0.25) is 0 Å². The first-order chi connectivity index (χ1) is 49.1. The summed E-state index contributed by atoms with van der Waals surface area (Å²) in [5.41, 5.74) is 18.6. The van der Waals surface area contributed by atoms with Crippen molar-refractivity contribution >= 4 is 70.9 Å². The van der Waals surface area contributed by atoms with Gasteiger partial charge in [-0.25, -0.2) is 4.39 Å². The van der Waals surface area contributed by atoms with Gasteiger partial charge in [0.05, 0.1) is 38.4 Å². The molecule has 34 heteroatoms. The van der Waals surface area contributed by atoms with Crippen LogP contribution >= 0.6 is 0 Å². The maximum absolute atomic E-state index is 15.4. The average Bonchev–Trinajstić information content (AvgIpc) is 0.954. The summed E-state index contributed by atoms with van der Waals surface area (Å²) >= 11 is 0. The van der Waals surface area contributed by atoms with Crippen LogP contribution in [-0.2, 0) is 89.6 Å². The van der Waals surface area contributed by atoms with Crippen molar-refractivity contribution in [3.8, 4) is 16.9 Å². The van der Waals surface area contributed by atoms with Crippen molar-refractivity contribution in [1.82, 2.24) is 68.5 Å². The van der Waals surface area contributed by atoms with Gasteiger partial charge in [-0.1, -0.05) is 90.0 Å². The van der Waals surface area contributed by atoms with E-state index in [1.165, 1.54) is 32.0 Å². The van der Waals surface area contributed by atoms with Gasteiger partial charge in [-0.05, 0) is 145 Å². The van der Waals surface area contributed by atoms with Gasteiger partial charge in [-0.3, -0.25) is 57.5 Å². The molecule has 564 valence electrons. The maximum Gasteiger partial charge on any atom is 0.305 e. The van der Waals surface area contributed by atoms with Crippen LogP contribution in [0.25, 0.3) is 11.1 Å². The topological polar surface area (TPSA) is 536 Å². The van der Waals surface area contributed by atoms with Gasteiger partial charge in [-0.2, -0.15) is 5.21 Å². The van der Waals surface area contributed by atoms with Crippen LogP contribution in [0.15, 0.2) is 84.9 Å². The molecule has 104 heavy (non-hydrogen) atoms. The van der Waals surface area contributed by atoms with Crippen LogP contribution in [0, 0.1) is 25.1 Å². The van der Waals surface area contributed by atoms with Crippen molar-refractivity contribution in [3.63, 3.8) is 0 Å². The van der Waals surface area contributed by atoms with Gasteiger partial charge in [0, 0.05) is 19.3 Å². The Morgan fingerprint density at radius 1 is 0.644 bits per heavy atom. The third-order valence-corrected chi connectivity index (χ3v) is 16.9. The van der Waals surface area contributed by atoms with Crippen molar-refractivity contribution in [2.24, 2.45) is 22.6 Å². The minimum atomic E-state index is -2.39. The second kappa shape index (κ2) is 39.5. The number of aromatic amines is 1. The number of ether oxygens (including phenoxy) is 1. The van der Waals surface area contributed by atoms with Crippen LogP contribution < -0.4 is 69.8 Å². The van der Waals surface area contributed by atoms with Crippen molar-refractivity contribution in [3.05, 3.63) is 130 Å². The number of aliphatic hydroxyl groups excluding tert-OH is 3. The molecule has 0 radical (unpaired) electrons. The number of rotatable bonds is 42. The Balaban J connectivity index is 1.36. The van der Waals surface area contributed by atoms with Crippen LogP contribution in [0.3, 0.4) is 0 Å². The molecule has 0 aliphatic rings. The number of aliphatic carboxylic acids is 1. The fraction of sp³-hybridized carbons (Fsp3) is 0.471. The van der Waals surface area contributed by atoms with E-state index in [4.69, 9.17) is 21.9 Å². The molecule has 0 saturated carbocycles. The lowest BCUT2D eigenvalue weighted by molar-refractivity contribution is -0.142. The highest BCUT2D eigenvalue weighted by Crippen LogP contribution is 2.29. The summed E-state index contributed by atoms with van der Waals surface area (Å²) in [5.74, 6) is -14.6. The summed E-state index contributed by atoms with van der Waals surface area (Å²) in [4.78, 5) is 163. The molecule has 0 spiro atoms. The number of unbranched alkanes of at least 4 members (excludes halogenated alkanes) is 1. The number of halogens is 1. The number of aliphatic hydroxyl groups is 3. The molecule has 0 aliphatic carbocycles. The van der Waals surface area contributed by atoms with Gasteiger partial charge in [-0.15, -0.1) is 10.2 Å². The molecular weight excluding hydrogens is 1360 g/mol. The predicted molar refractivity (Wildman–Crippen MR) is 374 cm³/mol. The third kappa shape index (κ3) is 25.3. The monoisotopic (exact) mass is 1450 g/mol. The number of carboxylic acid groups (broad SMARTS) is 1. The zero-order chi connectivity index (χ0) is 77.2. The number of nitrogens with two attached hydrogens (primary N) is 3. The third-order valence-electron chi connectivity index (χ3n) is 16.9. The summed E-state index contributed by atoms with van der Waals surface area (Å²) in [7, 11) is 0. The van der Waals surface area contributed by atoms with E-state index in [1.54, 1.807) is 24.3 Å². The summed E-state index contributed by atoms with van der Waals surface area (Å²) in [6.45, 7) is 10.2. The molecule has 5 rings (SSSR count). The fourth-order valence-electron chi connectivity index (χ4n) is 10.9. The molecule has 1 heterocycles. The van der Waals surface area contributed by atoms with Crippen molar-refractivity contribution in [1.29, 1.82) is 0 Å². The molecule has 0 bridgehead atoms. The molecule has 11 amide bonds. The lowest BCUT2D eigenvalue weighted by Gasteiger charge is -2.34. The molecule has 10 atom stereocenters. The number of carbonyl (C=O) groups excluding carboxylic acids is 11. The maximum atomic E-state index is 15.4. The SMILES string of the molecule is CCc1cc(OCCCCN)ccc1-c1ccc(C[C@H](NC(=O)[C@H](CC(=O)O)NC(=O)[C@H](CO)NC(=O)[C@@H](NC(=O)[C@](C)(Cc2ccccc2F)NC(=O)[C@@H](NC(=O)CNC(=O)[C@H](Cc2nn[nH]n2)NC(=O)C(C)(C)C(N)=O)[C@@H](C)O)[C@@H](C)O)C(=O)N[C@@H](CCCc2cc(C)cc(C)c2)C(N)=O)cc1. The Hall–Kier alpha value is -10.8. The van der Waals surface area contributed by atoms with E-state index >= 15 is 4.39 Å². The predicted octanol–water partition coefficient (Wildman–Crippen LogP) is -2.04. The number of carbonyl (C=O) groups is 12. The largest absolute Gasteiger partial charge is 0.494 e. The molecule has 33 nitrogen and oxygen atoms in total. The van der Waals surface area contributed by atoms with Gasteiger partial charge in [0.1, 0.15) is 64.8 Å². The Morgan fingerprint density at radius 2 is 1.25 bits per heavy atom. The van der Waals surface area contributed by atoms with Crippen LogP contribution in [0.4, 0.5) is 4.39 Å². The van der Waals surface area contributed by atoms with E-state index in [9.17, 15) is 78.0 Å². The van der Waals surface area contributed by atoms with Gasteiger partial charge < -0.3 is 90.2 Å². The molecule has 4 aromatic carbocycles. The average molecular weight is 1450 g/mol. The quantitative estimate of drug-likeness (QED) is 0.0148. The summed E-state index contributed by atoms with van der Waals surface area (Å²) in [5, 5.41) is 76.4. The highest BCUT2D eigenvalue weighted by atomic mass is 19.1. The first-order valence-corrected chi connectivity index (χ1v) is 33.7. The second-order valence-corrected chi connectivity index (χ2v) is 26.1. The van der Waals surface area contributed by atoms with Crippen LogP contribution in [-0.4, -0.2) is 198 Å². The number of primary amides is 2. The van der Waals surface area contributed by atoms with E-state index in [-0.39, 0.29) is 24.2 Å². The number of nitrogens with zero attached hydrogens (tertiary/aromatic N) is 3. The molecule has 20 N–H and O–H groups in total. The van der Waals surface area contributed by atoms with Crippen LogP contribution in [0.5, 0.6) is 5.75 Å². The lowest BCUT2D eigenvalue weighted by Crippen LogP contribution is -2.67. The fourth-order valence-corrected chi connectivity index (χ4v) is 10.9. The zero-order valence-corrected chi connectivity index (χ0v) is 59.2. The number of benzene rings is 4. The number of hydrogen-bond donors (Lipinski definition) is 17. The highest BCUT2D eigenvalue weighted by Gasteiger charge is 2.43. The van der Waals surface area contributed by atoms with E-state index in [2.05, 4.69) is 68.5 Å². The van der Waals surface area contributed by atoms with E-state index < -0.39 is 175 Å². The lowest BCUT2D eigenvalue weighted by atomic mass is 9.90. The molecule has 1 aromatic heterocycles. The highest BCUT2D eigenvalue weighted by molar-refractivity contribution is 6.05. The molecular formula is C70H95FN16O17. The summed E-state index contributed by atoms with van der Waals surface area (Å²) in [6.07, 6.45) is -2.99. The Kier molecular flexibility index (Phi) is 31.9. The number of hydrogen-bond acceptors (Lipinski definition) is 20. The number of carboxylic acids is 1. The zero-order valence-electron chi connectivity index (χ0n) is 59.2. The van der Waals surface area contributed by atoms with Crippen molar-refractivity contribution < 1.29 is 87.1 Å². The summed E-state index contributed by atoms with van der Waals surface area (Å²) < 4.78 is 21.4. The Bertz CT molecular complexity index is 3820. The normalized spacial score (nSPS) is 14.5. The Labute approximate surface area is 599 Å². The molecule has 0 aliphatic heterocycles. The number of H-pyrrole nitrogens is 1. The molecule has 0 fully saturated rings. The summed E-state index contributed by atoms with van der Waals surface area (Å²) in [6, 6.07) is 11.1. The number of amides is 11. The first kappa shape index (κ1) is 83.8. The van der Waals surface area contributed by atoms with Gasteiger partial charge in [0.15, 0.2) is 5.82 Å². The second-order valence-electron chi connectivity index (χ2n) is 26.1. The van der Waals surface area contributed by atoms with E-state index in [1.807, 2.05) is 57.2 Å². The number of aromatic nitrogens is 4. The molecule has 0 unspecified atom stereocenters. The smallest absolute Gasteiger partial charge is 0.305 e. The minimum absolute atomic E-state index is 0.0743. The molecule has 5 aromatic rings. The van der Waals surface area contributed by atoms with Crippen LogP contribution in [0.1, 0.15) is 113 Å². The first-order valence-electron chi connectivity index (χ1n) is 33.7.